The quantitative estimate of drug-likeness (QED) is 0.396. The summed E-state index contributed by atoms with van der Waals surface area (Å²) in [6.45, 7) is 3.65. The second-order valence-corrected chi connectivity index (χ2v) is 6.72. The lowest BCUT2D eigenvalue weighted by atomic mass is 10.0. The van der Waals surface area contributed by atoms with Gasteiger partial charge in [-0.1, -0.05) is 66.7 Å². The standard InChI is InChI=1S/C23H18N2O3/c1-15-13-14-19-20(16(15)2)25(28)22(23(26)18-11-7-4-8-12-18)21(24(19)27)17-9-5-3-6-10-17/h3-14H,1-2H3. The lowest BCUT2D eigenvalue weighted by Gasteiger charge is -2.20. The first-order valence-corrected chi connectivity index (χ1v) is 8.95. The van der Waals surface area contributed by atoms with Crippen LogP contribution in [0.2, 0.25) is 0 Å². The van der Waals surface area contributed by atoms with Gasteiger partial charge in [-0.2, -0.15) is 0 Å². The summed E-state index contributed by atoms with van der Waals surface area (Å²) in [7, 11) is 0. The van der Waals surface area contributed by atoms with Gasteiger partial charge >= 0.3 is 5.69 Å². The van der Waals surface area contributed by atoms with Gasteiger partial charge in [-0.05, 0) is 25.5 Å². The average molecular weight is 370 g/mol. The number of hydrogen-bond donors (Lipinski definition) is 0. The molecule has 1 heterocycles. The van der Waals surface area contributed by atoms with Crippen LogP contribution in [0.4, 0.5) is 0 Å². The Morgan fingerprint density at radius 2 is 1.50 bits per heavy atom. The smallest absolute Gasteiger partial charge is 0.334 e. The molecule has 0 N–H and O–H groups in total. The monoisotopic (exact) mass is 370 g/mol. The van der Waals surface area contributed by atoms with Crippen LogP contribution in [0, 0.1) is 24.0 Å². The number of aryl methyl sites for hydroxylation is 2. The molecule has 0 aliphatic carbocycles. The Balaban J connectivity index is 2.18. The molecular weight excluding hydrogens is 352 g/mol. The van der Waals surface area contributed by atoms with Gasteiger partial charge in [-0.15, -0.1) is 0 Å². The van der Waals surface area contributed by atoms with Gasteiger partial charge in [0.05, 0.1) is 4.43 Å². The molecule has 5 nitrogen and oxygen atoms in total. The van der Waals surface area contributed by atoms with Crippen molar-refractivity contribution in [2.24, 2.45) is 0 Å². The number of benzene rings is 3. The van der Waals surface area contributed by atoms with E-state index in [9.17, 15) is 14.9 Å². The van der Waals surface area contributed by atoms with E-state index in [0.717, 1.165) is 5.56 Å². The van der Waals surface area contributed by atoms with Crippen molar-refractivity contribution >= 4 is 16.8 Å². The Labute approximate surface area is 161 Å². The van der Waals surface area contributed by atoms with E-state index in [1.54, 1.807) is 73.7 Å². The first-order chi connectivity index (χ1) is 13.5. The SMILES string of the molecule is Cc1ccc2c(c1C)[n+](=O)c(C(=O)c1ccccc1)c(-c1ccccc1)n2[O-]. The van der Waals surface area contributed by atoms with Crippen LogP contribution in [0.25, 0.3) is 22.3 Å². The van der Waals surface area contributed by atoms with Crippen LogP contribution in [-0.4, -0.2) is 10.5 Å². The zero-order chi connectivity index (χ0) is 19.8. The maximum Gasteiger partial charge on any atom is 0.334 e. The molecule has 0 bridgehead atoms. The van der Waals surface area contributed by atoms with Crippen molar-refractivity contribution in [1.82, 2.24) is 4.73 Å². The van der Waals surface area contributed by atoms with Crippen LogP contribution in [0.3, 0.4) is 0 Å². The predicted octanol–water partition coefficient (Wildman–Crippen LogP) is 4.42. The van der Waals surface area contributed by atoms with E-state index in [2.05, 4.69) is 0 Å². The van der Waals surface area contributed by atoms with Crippen molar-refractivity contribution in [2.45, 2.75) is 13.8 Å². The Morgan fingerprint density at radius 1 is 0.893 bits per heavy atom. The Morgan fingerprint density at radius 3 is 2.14 bits per heavy atom. The Kier molecular flexibility index (Phi) is 4.28. The minimum atomic E-state index is -0.484. The third-order valence-electron chi connectivity index (χ3n) is 5.03. The second-order valence-electron chi connectivity index (χ2n) is 6.72. The second kappa shape index (κ2) is 6.78. The molecule has 0 saturated heterocycles. The highest BCUT2D eigenvalue weighted by molar-refractivity contribution is 6.10. The van der Waals surface area contributed by atoms with Gasteiger partial charge in [-0.25, -0.2) is 0 Å². The molecule has 1 aromatic heterocycles. The number of carbonyl (C=O) groups excluding carboxylic acids is 1. The Hall–Kier alpha value is -3.73. The highest BCUT2D eigenvalue weighted by Crippen LogP contribution is 2.28. The van der Waals surface area contributed by atoms with E-state index in [1.807, 2.05) is 13.0 Å². The molecular formula is C23H18N2O3. The van der Waals surface area contributed by atoms with Crippen molar-refractivity contribution in [3.8, 4) is 11.3 Å². The summed E-state index contributed by atoms with van der Waals surface area (Å²) in [5.74, 6) is -0.484. The maximum absolute atomic E-state index is 13.4. The fourth-order valence-corrected chi connectivity index (χ4v) is 3.41. The summed E-state index contributed by atoms with van der Waals surface area (Å²) in [6.07, 6.45) is 0. The molecule has 5 heteroatoms. The van der Waals surface area contributed by atoms with Crippen molar-refractivity contribution in [3.05, 3.63) is 105 Å². The first kappa shape index (κ1) is 17.7. The highest BCUT2D eigenvalue weighted by Gasteiger charge is 2.31. The topological polar surface area (TPSA) is 68.0 Å². The molecule has 0 aliphatic heterocycles. The van der Waals surface area contributed by atoms with Crippen molar-refractivity contribution in [2.75, 3.05) is 0 Å². The lowest BCUT2D eigenvalue weighted by Crippen LogP contribution is -2.31. The molecule has 0 aliphatic rings. The average Bonchev–Trinajstić information content (AvgIpc) is 2.73. The molecule has 0 fully saturated rings. The van der Waals surface area contributed by atoms with E-state index < -0.39 is 5.78 Å². The van der Waals surface area contributed by atoms with Crippen LogP contribution < -0.4 is 4.43 Å². The van der Waals surface area contributed by atoms with Crippen LogP contribution >= 0.6 is 0 Å². The molecule has 0 saturated carbocycles. The number of nitrogens with zero attached hydrogens (tertiary/aromatic N) is 2. The largest absolute Gasteiger partial charge is 0.805 e. The number of aromatic nitrogens is 2. The molecule has 4 rings (SSSR count). The fourth-order valence-electron chi connectivity index (χ4n) is 3.41. The summed E-state index contributed by atoms with van der Waals surface area (Å²) in [4.78, 5) is 26.7. The number of hydrogen-bond acceptors (Lipinski definition) is 3. The van der Waals surface area contributed by atoms with E-state index in [4.69, 9.17) is 0 Å². The zero-order valence-electron chi connectivity index (χ0n) is 15.5. The van der Waals surface area contributed by atoms with Crippen LogP contribution in [0.1, 0.15) is 27.2 Å². The van der Waals surface area contributed by atoms with Crippen LogP contribution in [-0.2, 0) is 0 Å². The number of carbonyl (C=O) groups is 1. The van der Waals surface area contributed by atoms with Gasteiger partial charge in [0, 0.05) is 21.6 Å². The number of fused-ring (bicyclic) bond motifs is 1. The lowest BCUT2D eigenvalue weighted by molar-refractivity contribution is -0.467. The molecule has 0 amide bonds. The van der Waals surface area contributed by atoms with Crippen molar-refractivity contribution < 1.29 is 9.22 Å². The minimum Gasteiger partial charge on any atom is -0.805 e. The molecule has 4 aromatic rings. The van der Waals surface area contributed by atoms with Gasteiger partial charge in [-0.3, -0.25) is 4.79 Å². The van der Waals surface area contributed by atoms with Crippen molar-refractivity contribution in [1.29, 1.82) is 0 Å². The summed E-state index contributed by atoms with van der Waals surface area (Å²) in [5.41, 5.74) is 2.77. The van der Waals surface area contributed by atoms with Crippen LogP contribution in [0.5, 0.6) is 0 Å². The van der Waals surface area contributed by atoms with Gasteiger partial charge in [0.15, 0.2) is 0 Å². The van der Waals surface area contributed by atoms with Gasteiger partial charge in [0.1, 0.15) is 11.2 Å². The number of ketones is 1. The van der Waals surface area contributed by atoms with E-state index in [0.29, 0.717) is 25.8 Å². The first-order valence-electron chi connectivity index (χ1n) is 8.95. The normalized spacial score (nSPS) is 10.9. The van der Waals surface area contributed by atoms with Crippen molar-refractivity contribution in [3.63, 3.8) is 0 Å². The molecule has 0 radical (unpaired) electrons. The predicted molar refractivity (Wildman–Crippen MR) is 109 cm³/mol. The summed E-state index contributed by atoms with van der Waals surface area (Å²) < 4.78 is 1.31. The van der Waals surface area contributed by atoms with Gasteiger partial charge in [0.25, 0.3) is 11.3 Å². The number of rotatable bonds is 3. The molecule has 0 unspecified atom stereocenters. The van der Waals surface area contributed by atoms with Gasteiger partial charge in [0.2, 0.25) is 0 Å². The van der Waals surface area contributed by atoms with E-state index >= 15 is 0 Å². The molecule has 0 atom stereocenters. The summed E-state index contributed by atoms with van der Waals surface area (Å²) >= 11 is 0. The Bertz CT molecular complexity index is 1260. The third kappa shape index (κ3) is 2.68. The highest BCUT2D eigenvalue weighted by atomic mass is 16.5. The van der Waals surface area contributed by atoms with E-state index in [1.165, 1.54) is 0 Å². The molecule has 28 heavy (non-hydrogen) atoms. The molecule has 0 spiro atoms. The van der Waals surface area contributed by atoms with E-state index in [-0.39, 0.29) is 22.4 Å². The van der Waals surface area contributed by atoms with Gasteiger partial charge < -0.3 is 9.94 Å². The fraction of sp³-hybridized carbons (Fsp3) is 0.0870. The molecule has 3 aromatic carbocycles. The summed E-state index contributed by atoms with van der Waals surface area (Å²) in [6, 6.07) is 20.8. The third-order valence-corrected chi connectivity index (χ3v) is 5.03. The maximum atomic E-state index is 13.4. The minimum absolute atomic E-state index is 0.0557. The molecule has 138 valence electrons. The van der Waals surface area contributed by atoms with Crippen LogP contribution in [0.15, 0.2) is 72.8 Å². The zero-order valence-corrected chi connectivity index (χ0v) is 15.5. The summed E-state index contributed by atoms with van der Waals surface area (Å²) in [5, 5.41) is 13.3.